The second-order valence-corrected chi connectivity index (χ2v) is 4.36. The van der Waals surface area contributed by atoms with E-state index in [2.05, 4.69) is 20.0 Å². The number of hydrogen-bond acceptors (Lipinski definition) is 6. The minimum absolute atomic E-state index is 0.272. The number of carbonyl (C=O) groups is 2. The van der Waals surface area contributed by atoms with Crippen LogP contribution in [0, 0.1) is 0 Å². The summed E-state index contributed by atoms with van der Waals surface area (Å²) in [6.07, 6.45) is 0.734. The first kappa shape index (κ1) is 16.3. The smallest absolute Gasteiger partial charge is 0.427 e. The van der Waals surface area contributed by atoms with Gasteiger partial charge in [0, 0.05) is 5.56 Å². The van der Waals surface area contributed by atoms with E-state index in [1.54, 1.807) is 43.3 Å². The molecule has 0 radical (unpaired) electrons. The van der Waals surface area contributed by atoms with Crippen molar-refractivity contribution in [1.82, 2.24) is 5.43 Å². The first-order chi connectivity index (χ1) is 11.1. The third kappa shape index (κ3) is 4.44. The van der Waals surface area contributed by atoms with Crippen LogP contribution in [-0.4, -0.2) is 32.0 Å². The number of hydrogen-bond donors (Lipinski definition) is 1. The van der Waals surface area contributed by atoms with E-state index in [1.165, 1.54) is 13.3 Å². The standard InChI is InChI=1S/C16H16N2O5/c1-3-22-16(20)18-17-10-13-8-9-14(23-13)11-4-6-12(7-5-11)15(19)21-2/h4-10H,3H2,1-2H3,(H,18,20)/b17-10-. The van der Waals surface area contributed by atoms with E-state index in [4.69, 9.17) is 4.42 Å². The quantitative estimate of drug-likeness (QED) is 0.520. The van der Waals surface area contributed by atoms with Crippen LogP contribution >= 0.6 is 0 Å². The third-order valence-electron chi connectivity index (χ3n) is 2.84. The summed E-state index contributed by atoms with van der Waals surface area (Å²) in [5.74, 6) is 0.682. The molecule has 1 aromatic heterocycles. The lowest BCUT2D eigenvalue weighted by molar-refractivity contribution is 0.0600. The number of ether oxygens (including phenoxy) is 2. The van der Waals surface area contributed by atoms with Gasteiger partial charge in [-0.05, 0) is 31.2 Å². The van der Waals surface area contributed by atoms with E-state index < -0.39 is 12.1 Å². The fraction of sp³-hybridized carbons (Fsp3) is 0.188. The average Bonchev–Trinajstić information content (AvgIpc) is 3.03. The second-order valence-electron chi connectivity index (χ2n) is 4.36. The zero-order chi connectivity index (χ0) is 16.7. The summed E-state index contributed by atoms with van der Waals surface area (Å²) in [6.45, 7) is 1.97. The lowest BCUT2D eigenvalue weighted by Gasteiger charge is -2.00. The molecule has 0 saturated carbocycles. The second kappa shape index (κ2) is 7.79. The van der Waals surface area contributed by atoms with Crippen molar-refractivity contribution in [3.63, 3.8) is 0 Å². The van der Waals surface area contributed by atoms with Crippen LogP contribution in [-0.2, 0) is 9.47 Å². The highest BCUT2D eigenvalue weighted by Gasteiger charge is 2.07. The van der Waals surface area contributed by atoms with Crippen molar-refractivity contribution in [2.45, 2.75) is 6.92 Å². The van der Waals surface area contributed by atoms with Crippen molar-refractivity contribution in [3.05, 3.63) is 47.7 Å². The molecule has 7 nitrogen and oxygen atoms in total. The third-order valence-corrected chi connectivity index (χ3v) is 2.84. The number of nitrogens with zero attached hydrogens (tertiary/aromatic N) is 1. The van der Waals surface area contributed by atoms with Gasteiger partial charge >= 0.3 is 12.1 Å². The van der Waals surface area contributed by atoms with E-state index in [0.717, 1.165) is 5.56 Å². The van der Waals surface area contributed by atoms with Crippen LogP contribution in [0.2, 0.25) is 0 Å². The first-order valence-electron chi connectivity index (χ1n) is 6.88. The number of amides is 1. The fourth-order valence-electron chi connectivity index (χ4n) is 1.78. The molecule has 1 amide bonds. The van der Waals surface area contributed by atoms with Crippen molar-refractivity contribution in [1.29, 1.82) is 0 Å². The Bertz CT molecular complexity index is 704. The molecule has 7 heteroatoms. The Hall–Kier alpha value is -3.09. The molecule has 0 atom stereocenters. The zero-order valence-electron chi connectivity index (χ0n) is 12.7. The summed E-state index contributed by atoms with van der Waals surface area (Å²) in [4.78, 5) is 22.4. The number of methoxy groups -OCH3 is 1. The Morgan fingerprint density at radius 3 is 2.61 bits per heavy atom. The predicted molar refractivity (Wildman–Crippen MR) is 83.2 cm³/mol. The fourth-order valence-corrected chi connectivity index (χ4v) is 1.78. The molecule has 1 heterocycles. The van der Waals surface area contributed by atoms with Gasteiger partial charge in [0.15, 0.2) is 0 Å². The van der Waals surface area contributed by atoms with Gasteiger partial charge in [-0.1, -0.05) is 12.1 Å². The van der Waals surface area contributed by atoms with Gasteiger partial charge in [0.1, 0.15) is 11.5 Å². The highest BCUT2D eigenvalue weighted by atomic mass is 16.5. The van der Waals surface area contributed by atoms with Crippen molar-refractivity contribution >= 4 is 18.3 Å². The summed E-state index contributed by atoms with van der Waals surface area (Å²) in [7, 11) is 1.33. The Morgan fingerprint density at radius 2 is 1.96 bits per heavy atom. The van der Waals surface area contributed by atoms with Gasteiger partial charge in [0.25, 0.3) is 0 Å². The van der Waals surface area contributed by atoms with Crippen LogP contribution in [0.5, 0.6) is 0 Å². The molecule has 0 aliphatic rings. The summed E-state index contributed by atoms with van der Waals surface area (Å²) >= 11 is 0. The first-order valence-corrected chi connectivity index (χ1v) is 6.88. The average molecular weight is 316 g/mol. The van der Waals surface area contributed by atoms with Crippen LogP contribution in [0.3, 0.4) is 0 Å². The number of nitrogens with one attached hydrogen (secondary N) is 1. The van der Waals surface area contributed by atoms with E-state index in [9.17, 15) is 9.59 Å². The molecule has 120 valence electrons. The molecule has 0 aliphatic heterocycles. The van der Waals surface area contributed by atoms with E-state index >= 15 is 0 Å². The molecule has 0 spiro atoms. The molecule has 0 unspecified atom stereocenters. The van der Waals surface area contributed by atoms with Crippen molar-refractivity contribution in [2.24, 2.45) is 5.10 Å². The molecule has 0 bridgehead atoms. The summed E-state index contributed by atoms with van der Waals surface area (Å²) in [5, 5.41) is 3.71. The number of benzene rings is 1. The van der Waals surface area contributed by atoms with Gasteiger partial charge in [0.05, 0.1) is 25.5 Å². The lowest BCUT2D eigenvalue weighted by atomic mass is 10.1. The number of furan rings is 1. The molecular formula is C16H16N2O5. The van der Waals surface area contributed by atoms with Crippen LogP contribution in [0.25, 0.3) is 11.3 Å². The molecule has 2 aromatic rings. The highest BCUT2D eigenvalue weighted by Crippen LogP contribution is 2.22. The van der Waals surface area contributed by atoms with Crippen LogP contribution in [0.15, 0.2) is 45.9 Å². The Labute approximate surface area is 132 Å². The maximum absolute atomic E-state index is 11.4. The van der Waals surface area contributed by atoms with Crippen LogP contribution in [0.4, 0.5) is 4.79 Å². The lowest BCUT2D eigenvalue weighted by Crippen LogP contribution is -2.18. The minimum Gasteiger partial charge on any atom is -0.465 e. The molecule has 23 heavy (non-hydrogen) atoms. The molecule has 1 N–H and O–H groups in total. The monoisotopic (exact) mass is 316 g/mol. The van der Waals surface area contributed by atoms with Gasteiger partial charge in [0.2, 0.25) is 0 Å². The van der Waals surface area contributed by atoms with Crippen molar-refractivity contribution < 1.29 is 23.5 Å². The molecule has 0 fully saturated rings. The van der Waals surface area contributed by atoms with E-state index in [-0.39, 0.29) is 6.61 Å². The van der Waals surface area contributed by atoms with E-state index in [0.29, 0.717) is 17.1 Å². The summed E-state index contributed by atoms with van der Waals surface area (Å²) in [6, 6.07) is 10.3. The zero-order valence-corrected chi connectivity index (χ0v) is 12.7. The SMILES string of the molecule is CCOC(=O)N/N=C\c1ccc(-c2ccc(C(=O)OC)cc2)o1. The number of carbonyl (C=O) groups excluding carboxylic acids is 2. The molecule has 0 aliphatic carbocycles. The largest absolute Gasteiger partial charge is 0.465 e. The summed E-state index contributed by atoms with van der Waals surface area (Å²) < 4.78 is 14.9. The van der Waals surface area contributed by atoms with Gasteiger partial charge in [-0.15, -0.1) is 0 Å². The van der Waals surface area contributed by atoms with Gasteiger partial charge in [-0.3, -0.25) is 0 Å². The molecule has 2 rings (SSSR count). The van der Waals surface area contributed by atoms with Gasteiger partial charge in [-0.25, -0.2) is 15.0 Å². The topological polar surface area (TPSA) is 90.1 Å². The van der Waals surface area contributed by atoms with Gasteiger partial charge < -0.3 is 13.9 Å². The van der Waals surface area contributed by atoms with Crippen LogP contribution < -0.4 is 5.43 Å². The molecular weight excluding hydrogens is 300 g/mol. The normalized spacial score (nSPS) is 10.5. The number of hydrazone groups is 1. The Morgan fingerprint density at radius 1 is 1.22 bits per heavy atom. The predicted octanol–water partition coefficient (Wildman–Crippen LogP) is 2.81. The Kier molecular flexibility index (Phi) is 5.51. The summed E-state index contributed by atoms with van der Waals surface area (Å²) in [5.41, 5.74) is 3.47. The molecule has 0 saturated heterocycles. The minimum atomic E-state index is -0.631. The van der Waals surface area contributed by atoms with Gasteiger partial charge in [-0.2, -0.15) is 5.10 Å². The Balaban J connectivity index is 2.03. The maximum atomic E-state index is 11.4. The van der Waals surface area contributed by atoms with Crippen molar-refractivity contribution in [2.75, 3.05) is 13.7 Å². The number of rotatable bonds is 5. The molecule has 1 aromatic carbocycles. The van der Waals surface area contributed by atoms with Crippen LogP contribution in [0.1, 0.15) is 23.0 Å². The maximum Gasteiger partial charge on any atom is 0.427 e. The van der Waals surface area contributed by atoms with Crippen molar-refractivity contribution in [3.8, 4) is 11.3 Å². The number of esters is 1. The van der Waals surface area contributed by atoms with E-state index in [1.807, 2.05) is 0 Å². The highest BCUT2D eigenvalue weighted by molar-refractivity contribution is 5.89.